The van der Waals surface area contributed by atoms with Crippen molar-refractivity contribution in [2.45, 2.75) is 115 Å². The highest BCUT2D eigenvalue weighted by Crippen LogP contribution is 2.29. The van der Waals surface area contributed by atoms with Gasteiger partial charge in [-0.25, -0.2) is 9.59 Å². The van der Waals surface area contributed by atoms with Crippen LogP contribution in [0.4, 0.5) is 0 Å². The fourth-order valence-electron chi connectivity index (χ4n) is 10.8. The average Bonchev–Trinajstić information content (AvgIpc) is 1.27. The number of carbonyl (C=O) groups excluding carboxylic acids is 5. The van der Waals surface area contributed by atoms with Crippen LogP contribution in [0.5, 0.6) is 5.75 Å². The van der Waals surface area contributed by atoms with E-state index in [4.69, 9.17) is 63.0 Å². The number of hydrogen-bond acceptors (Lipinski definition) is 17. The Morgan fingerprint density at radius 3 is 1.25 bits per heavy atom. The predicted octanol–water partition coefficient (Wildman–Crippen LogP) is 10.5. The lowest BCUT2D eigenvalue weighted by Crippen LogP contribution is -2.53. The number of hydrogen-bond donors (Lipinski definition) is 10. The molecule has 0 aliphatic rings. The minimum Gasteiger partial charge on any atom is -0.479 e. The van der Waals surface area contributed by atoms with Gasteiger partial charge >= 0.3 is 11.9 Å². The van der Waals surface area contributed by atoms with Crippen LogP contribution in [-0.2, 0) is 59.1 Å². The van der Waals surface area contributed by atoms with Crippen molar-refractivity contribution < 1.29 is 87.6 Å². The molecular formula is C78H84Cl3N3O18. The van der Waals surface area contributed by atoms with E-state index in [1.807, 2.05) is 136 Å². The highest BCUT2D eigenvalue weighted by Gasteiger charge is 2.36. The number of furan rings is 2. The number of aliphatic carboxylic acids is 1. The van der Waals surface area contributed by atoms with Gasteiger partial charge in [0.2, 0.25) is 11.8 Å². The first-order chi connectivity index (χ1) is 48.3. The molecule has 0 saturated carbocycles. The second-order valence-electron chi connectivity index (χ2n) is 24.0. The van der Waals surface area contributed by atoms with Gasteiger partial charge in [0.1, 0.15) is 43.4 Å². The zero-order valence-corrected chi connectivity index (χ0v) is 58.1. The SMILES string of the molecule is C.COCC(=O)N[C@@H](Cc1ccc(-c2cc(C)cc(Cl)c2)cc1)[C@H](O)[C@@H](O)C(=O)CCc1ccoc1.COCC(=O)N[C@@H](Cc1ccc(-c2cc(C)cc(Cl)c2)cc1)[C@H](O)[C@@H](O)C(=O)Oc1ccccc1.Cc1cc(Cl)cc(-c2ccc(C[C@H](NC(=O)c3ccco3)[C@H](O)[C@@H](O)C(=O)O)cc2)c1. The minimum absolute atomic E-state index is 0. The van der Waals surface area contributed by atoms with E-state index in [0.29, 0.717) is 21.5 Å². The van der Waals surface area contributed by atoms with Crippen molar-refractivity contribution in [3.05, 3.63) is 254 Å². The summed E-state index contributed by atoms with van der Waals surface area (Å²) in [4.78, 5) is 72.7. The van der Waals surface area contributed by atoms with Crippen molar-refractivity contribution in [1.29, 1.82) is 0 Å². The van der Waals surface area contributed by atoms with E-state index in [0.717, 1.165) is 72.3 Å². The molecule has 102 heavy (non-hydrogen) atoms. The van der Waals surface area contributed by atoms with E-state index < -0.39 is 90.2 Å². The third kappa shape index (κ3) is 25.3. The molecule has 2 heterocycles. The highest BCUT2D eigenvalue weighted by atomic mass is 35.5. The third-order valence-corrected chi connectivity index (χ3v) is 16.5. The summed E-state index contributed by atoms with van der Waals surface area (Å²) in [7, 11) is 2.75. The number of ether oxygens (including phenoxy) is 3. The Labute approximate surface area is 606 Å². The lowest BCUT2D eigenvalue weighted by Gasteiger charge is -2.27. The molecule has 21 nitrogen and oxygen atoms in total. The van der Waals surface area contributed by atoms with Crippen molar-refractivity contribution in [2.75, 3.05) is 27.4 Å². The van der Waals surface area contributed by atoms with Crippen molar-refractivity contribution in [1.82, 2.24) is 16.0 Å². The van der Waals surface area contributed by atoms with E-state index in [9.17, 15) is 59.4 Å². The van der Waals surface area contributed by atoms with E-state index in [-0.39, 0.29) is 57.8 Å². The number of methoxy groups -OCH3 is 2. The van der Waals surface area contributed by atoms with Gasteiger partial charge in [0.15, 0.2) is 23.8 Å². The topological polar surface area (TPSA) is 334 Å². The summed E-state index contributed by atoms with van der Waals surface area (Å²) in [6, 6.07) is 49.7. The fraction of sp³-hybridized carbons (Fsp3) is 0.282. The summed E-state index contributed by atoms with van der Waals surface area (Å²) in [5.41, 5.74) is 12.0. The van der Waals surface area contributed by atoms with Gasteiger partial charge in [-0.2, -0.15) is 0 Å². The maximum Gasteiger partial charge on any atom is 0.343 e. The summed E-state index contributed by atoms with van der Waals surface area (Å²) in [5.74, 6) is -4.47. The molecule has 0 saturated heterocycles. The number of para-hydroxylation sites is 1. The van der Waals surface area contributed by atoms with Crippen LogP contribution >= 0.6 is 34.8 Å². The number of esters is 1. The van der Waals surface area contributed by atoms with Gasteiger partial charge in [-0.05, 0) is 186 Å². The molecule has 0 unspecified atom stereocenters. The zero-order valence-electron chi connectivity index (χ0n) is 55.9. The number of aryl methyl sites for hydroxylation is 4. The maximum atomic E-state index is 12.5. The number of benzene rings is 7. The Hall–Kier alpha value is -9.33. The van der Waals surface area contributed by atoms with E-state index in [1.54, 1.807) is 48.5 Å². The average molecular weight is 1460 g/mol. The summed E-state index contributed by atoms with van der Waals surface area (Å²) in [5, 5.41) is 81.6. The molecule has 0 aliphatic carbocycles. The van der Waals surface area contributed by atoms with E-state index >= 15 is 0 Å². The van der Waals surface area contributed by atoms with Crippen molar-refractivity contribution in [3.63, 3.8) is 0 Å². The van der Waals surface area contributed by atoms with Crippen LogP contribution in [-0.4, -0.2) is 153 Å². The minimum atomic E-state index is -2.06. The molecule has 10 N–H and O–H groups in total. The molecule has 0 spiro atoms. The van der Waals surface area contributed by atoms with Gasteiger partial charge in [0.05, 0.1) is 36.9 Å². The number of amides is 3. The van der Waals surface area contributed by atoms with Gasteiger partial charge in [0.25, 0.3) is 5.91 Å². The van der Waals surface area contributed by atoms with Crippen molar-refractivity contribution >= 4 is 70.2 Å². The molecule has 24 heteroatoms. The predicted molar refractivity (Wildman–Crippen MR) is 388 cm³/mol. The lowest BCUT2D eigenvalue weighted by atomic mass is 9.93. The summed E-state index contributed by atoms with van der Waals surface area (Å²) in [6.45, 7) is 5.44. The number of ketones is 1. The second-order valence-corrected chi connectivity index (χ2v) is 25.3. The molecule has 7 aromatic carbocycles. The number of carboxylic acid groups (broad SMARTS) is 1. The molecule has 0 fully saturated rings. The smallest absolute Gasteiger partial charge is 0.343 e. The summed E-state index contributed by atoms with van der Waals surface area (Å²) >= 11 is 18.5. The maximum absolute atomic E-state index is 12.5. The molecule has 9 aromatic rings. The number of nitrogens with one attached hydrogen (secondary N) is 3. The number of carboxylic acids is 1. The first-order valence-electron chi connectivity index (χ1n) is 31.9. The number of aliphatic hydroxyl groups excluding tert-OH is 6. The molecule has 0 radical (unpaired) electrons. The number of halogens is 3. The normalized spacial score (nSPS) is 13.6. The first-order valence-corrected chi connectivity index (χ1v) is 33.0. The van der Waals surface area contributed by atoms with Crippen LogP contribution in [0, 0.1) is 20.8 Å². The Morgan fingerprint density at radius 1 is 0.461 bits per heavy atom. The van der Waals surface area contributed by atoms with Gasteiger partial charge in [0, 0.05) is 35.7 Å². The molecule has 540 valence electrons. The van der Waals surface area contributed by atoms with Crippen LogP contribution in [0.3, 0.4) is 0 Å². The standard InChI is InChI=1S/C27H30ClNO6.C27H28ClNO6.C23H22ClNO6.CH4/c1-17-11-21(14-22(28)12-17)20-6-3-18(4-7-20)13-23(29-25(31)16-34-2)26(32)27(33)24(30)8-5-19-9-10-35-15-19;1-17-12-20(15-21(28)13-17)19-10-8-18(9-11-19)14-23(29-24(30)16-34-2)25(31)26(32)27(33)35-22-6-4-3-5-7-22;1-13-9-16(12-17(24)10-13)15-6-4-14(5-7-15)11-18(20(26)21(27)23(29)30)25-22(28)19-3-2-8-31-19;/h3-4,6-7,9-12,14-15,23,26-27,32-33H,5,8,13,16H2,1-2H3,(H,29,31);3-13,15,23,25-26,31-32H,14,16H2,1-2H3,(H,29,30);2-10,12,18,20-21,26-27H,11H2,1H3,(H,25,28)(H,29,30);1H4/t23-,26-,27-;23-,25-,26+;18-,20-,21+;/m000./s1. The largest absolute Gasteiger partial charge is 0.479 e. The van der Waals surface area contributed by atoms with E-state index in [2.05, 4.69) is 16.0 Å². The lowest BCUT2D eigenvalue weighted by molar-refractivity contribution is -0.154. The summed E-state index contributed by atoms with van der Waals surface area (Å²) < 4.78 is 24.9. The van der Waals surface area contributed by atoms with Crippen LogP contribution in [0.15, 0.2) is 204 Å². The molecule has 0 aliphatic heterocycles. The van der Waals surface area contributed by atoms with E-state index in [1.165, 1.54) is 45.1 Å². The van der Waals surface area contributed by atoms with Gasteiger partial charge in [-0.3, -0.25) is 19.2 Å². The Kier molecular flexibility index (Phi) is 32.3. The van der Waals surface area contributed by atoms with Gasteiger partial charge < -0.3 is 74.7 Å². The number of aliphatic hydroxyl groups is 6. The van der Waals surface area contributed by atoms with Crippen LogP contribution in [0.2, 0.25) is 15.1 Å². The Morgan fingerprint density at radius 2 is 0.873 bits per heavy atom. The highest BCUT2D eigenvalue weighted by molar-refractivity contribution is 6.31. The van der Waals surface area contributed by atoms with Gasteiger partial charge in [-0.15, -0.1) is 0 Å². The van der Waals surface area contributed by atoms with Crippen molar-refractivity contribution in [2.24, 2.45) is 0 Å². The van der Waals surface area contributed by atoms with Crippen LogP contribution < -0.4 is 20.7 Å². The second kappa shape index (κ2) is 40.3. The third-order valence-electron chi connectivity index (χ3n) is 15.9. The first kappa shape index (κ1) is 81.6. The quantitative estimate of drug-likeness (QED) is 0.0148. The molecule has 2 aromatic heterocycles. The molecule has 3 amide bonds. The number of carbonyl (C=O) groups is 6. The zero-order chi connectivity index (χ0) is 73.3. The molecule has 0 bridgehead atoms. The number of Topliss-reactive ketones (excluding diaryl/α,β-unsaturated/α-hetero) is 1. The van der Waals surface area contributed by atoms with Crippen LogP contribution in [0.1, 0.15) is 63.3 Å². The number of rotatable bonds is 30. The Balaban J connectivity index is 0.000000240. The molecular weight excluding hydrogens is 1370 g/mol. The van der Waals surface area contributed by atoms with Gasteiger partial charge in [-0.1, -0.05) is 151 Å². The Bertz CT molecular complexity index is 4080. The van der Waals surface area contributed by atoms with Crippen LogP contribution in [0.25, 0.3) is 33.4 Å². The molecule has 9 rings (SSSR count). The fourth-order valence-corrected chi connectivity index (χ4v) is 11.7. The monoisotopic (exact) mass is 1460 g/mol. The molecule has 9 atom stereocenters. The van der Waals surface area contributed by atoms with Crippen molar-refractivity contribution in [3.8, 4) is 39.1 Å². The summed E-state index contributed by atoms with van der Waals surface area (Å²) in [6.07, 6.45) is -5.22.